The molecule has 0 unspecified atom stereocenters. The zero-order valence-corrected chi connectivity index (χ0v) is 17.2. The first kappa shape index (κ1) is 20.4. The van der Waals surface area contributed by atoms with Crippen molar-refractivity contribution in [3.05, 3.63) is 64.8 Å². The highest BCUT2D eigenvalue weighted by atomic mass is 35.5. The lowest BCUT2D eigenvalue weighted by Crippen LogP contribution is -2.29. The van der Waals surface area contributed by atoms with E-state index in [1.54, 1.807) is 0 Å². The van der Waals surface area contributed by atoms with Crippen LogP contribution in [0.1, 0.15) is 36.2 Å². The van der Waals surface area contributed by atoms with Crippen molar-refractivity contribution in [2.75, 3.05) is 26.2 Å². The molecule has 1 aromatic heterocycles. The van der Waals surface area contributed by atoms with E-state index in [9.17, 15) is 4.79 Å². The number of benzene rings is 2. The number of nitrogens with zero attached hydrogens (tertiary/aromatic N) is 3. The summed E-state index contributed by atoms with van der Waals surface area (Å²) in [5.74, 6) is -0.0445. The Bertz CT molecular complexity index is 933. The highest BCUT2D eigenvalue weighted by Crippen LogP contribution is 2.18. The number of aromatic nitrogens is 2. The van der Waals surface area contributed by atoms with Crippen LogP contribution in [-0.4, -0.2) is 46.8 Å². The molecule has 1 amide bonds. The first-order valence-corrected chi connectivity index (χ1v) is 10.2. The minimum absolute atomic E-state index is 0.0445. The fourth-order valence-electron chi connectivity index (χ4n) is 3.29. The summed E-state index contributed by atoms with van der Waals surface area (Å²) < 4.78 is 1.90. The van der Waals surface area contributed by atoms with Gasteiger partial charge in [0.15, 0.2) is 0 Å². The van der Waals surface area contributed by atoms with Crippen molar-refractivity contribution in [3.8, 4) is 0 Å². The number of fused-ring (bicyclic) bond motifs is 1. The van der Waals surface area contributed by atoms with Crippen LogP contribution in [0.3, 0.4) is 0 Å². The Balaban J connectivity index is 1.66. The van der Waals surface area contributed by atoms with Crippen molar-refractivity contribution in [1.82, 2.24) is 20.0 Å². The summed E-state index contributed by atoms with van der Waals surface area (Å²) in [5, 5.41) is 9.22. The Morgan fingerprint density at radius 1 is 1.18 bits per heavy atom. The molecule has 5 nitrogen and oxygen atoms in total. The molecule has 0 aliphatic heterocycles. The predicted octanol–water partition coefficient (Wildman–Crippen LogP) is 4.20. The van der Waals surface area contributed by atoms with E-state index >= 15 is 0 Å². The standard InChI is InChI=1S/C22H27ClN4O/c1-3-26(4-2)12-6-11-24-22(28)18-9-10-19-15-25-27(21(19)14-18)16-17-7-5-8-20(23)13-17/h5,7-10,13-15H,3-4,6,11-12,16H2,1-2H3,(H,24,28). The number of hydrogen-bond acceptors (Lipinski definition) is 3. The van der Waals surface area contributed by atoms with Crippen LogP contribution in [0.2, 0.25) is 5.02 Å². The lowest BCUT2D eigenvalue weighted by molar-refractivity contribution is 0.0952. The van der Waals surface area contributed by atoms with E-state index in [1.807, 2.05) is 53.3 Å². The van der Waals surface area contributed by atoms with E-state index < -0.39 is 0 Å². The van der Waals surface area contributed by atoms with Crippen LogP contribution in [0.25, 0.3) is 10.9 Å². The van der Waals surface area contributed by atoms with E-state index in [2.05, 4.69) is 29.2 Å². The van der Waals surface area contributed by atoms with Gasteiger partial charge < -0.3 is 10.2 Å². The van der Waals surface area contributed by atoms with Crippen molar-refractivity contribution < 1.29 is 4.79 Å². The molecule has 0 bridgehead atoms. The second kappa shape index (κ2) is 9.71. The number of rotatable bonds is 9. The predicted molar refractivity (Wildman–Crippen MR) is 115 cm³/mol. The Morgan fingerprint density at radius 3 is 2.75 bits per heavy atom. The van der Waals surface area contributed by atoms with Gasteiger partial charge in [0.05, 0.1) is 18.3 Å². The van der Waals surface area contributed by atoms with Crippen LogP contribution < -0.4 is 5.32 Å². The SMILES string of the molecule is CCN(CC)CCCNC(=O)c1ccc2cnn(Cc3cccc(Cl)c3)c2c1. The minimum Gasteiger partial charge on any atom is -0.352 e. The summed E-state index contributed by atoms with van der Waals surface area (Å²) in [6.45, 7) is 8.68. The molecule has 0 radical (unpaired) electrons. The molecule has 2 aromatic carbocycles. The van der Waals surface area contributed by atoms with E-state index in [0.717, 1.165) is 42.5 Å². The normalized spacial score (nSPS) is 11.3. The van der Waals surface area contributed by atoms with Gasteiger partial charge in [0.1, 0.15) is 0 Å². The lowest BCUT2D eigenvalue weighted by Gasteiger charge is -2.17. The first-order valence-electron chi connectivity index (χ1n) is 9.81. The first-order chi connectivity index (χ1) is 13.6. The molecule has 0 spiro atoms. The number of carbonyl (C=O) groups is 1. The Labute approximate surface area is 171 Å². The molecule has 0 saturated carbocycles. The summed E-state index contributed by atoms with van der Waals surface area (Å²) in [6, 6.07) is 13.4. The highest BCUT2D eigenvalue weighted by Gasteiger charge is 2.10. The van der Waals surface area contributed by atoms with Crippen molar-refractivity contribution in [2.45, 2.75) is 26.8 Å². The second-order valence-corrected chi connectivity index (χ2v) is 7.28. The molecule has 0 atom stereocenters. The monoisotopic (exact) mass is 398 g/mol. The zero-order valence-electron chi connectivity index (χ0n) is 16.5. The molecule has 148 valence electrons. The maximum atomic E-state index is 12.5. The number of halogens is 1. The van der Waals surface area contributed by atoms with E-state index in [0.29, 0.717) is 23.7 Å². The van der Waals surface area contributed by atoms with Gasteiger partial charge in [-0.3, -0.25) is 9.48 Å². The van der Waals surface area contributed by atoms with Crippen molar-refractivity contribution in [3.63, 3.8) is 0 Å². The second-order valence-electron chi connectivity index (χ2n) is 6.84. The number of hydrogen-bond donors (Lipinski definition) is 1. The Morgan fingerprint density at radius 2 is 2.00 bits per heavy atom. The maximum absolute atomic E-state index is 12.5. The van der Waals surface area contributed by atoms with Gasteiger partial charge in [0.25, 0.3) is 5.91 Å². The van der Waals surface area contributed by atoms with Crippen LogP contribution >= 0.6 is 11.6 Å². The van der Waals surface area contributed by atoms with Crippen molar-refractivity contribution in [2.24, 2.45) is 0 Å². The molecule has 0 aliphatic rings. The van der Waals surface area contributed by atoms with Gasteiger partial charge in [-0.15, -0.1) is 0 Å². The van der Waals surface area contributed by atoms with Gasteiger partial charge in [-0.2, -0.15) is 5.10 Å². The molecule has 0 aliphatic carbocycles. The Hall–Kier alpha value is -2.37. The molecule has 1 N–H and O–H groups in total. The third-order valence-electron chi connectivity index (χ3n) is 4.96. The molecular weight excluding hydrogens is 372 g/mol. The maximum Gasteiger partial charge on any atom is 0.251 e. The molecule has 6 heteroatoms. The van der Waals surface area contributed by atoms with E-state index in [1.165, 1.54) is 0 Å². The van der Waals surface area contributed by atoms with Crippen LogP contribution in [0.15, 0.2) is 48.7 Å². The average Bonchev–Trinajstić information content (AvgIpc) is 3.10. The molecule has 1 heterocycles. The number of amides is 1. The molecule has 0 fully saturated rings. The quantitative estimate of drug-likeness (QED) is 0.549. The lowest BCUT2D eigenvalue weighted by atomic mass is 10.1. The van der Waals surface area contributed by atoms with Crippen molar-refractivity contribution in [1.29, 1.82) is 0 Å². The largest absolute Gasteiger partial charge is 0.352 e. The van der Waals surface area contributed by atoms with Crippen LogP contribution in [0.4, 0.5) is 0 Å². The molecular formula is C22H27ClN4O. The average molecular weight is 399 g/mol. The molecule has 0 saturated heterocycles. The smallest absolute Gasteiger partial charge is 0.251 e. The topological polar surface area (TPSA) is 50.2 Å². The molecule has 28 heavy (non-hydrogen) atoms. The summed E-state index contributed by atoms with van der Waals surface area (Å²) in [6.07, 6.45) is 2.77. The van der Waals surface area contributed by atoms with Crippen LogP contribution in [0, 0.1) is 0 Å². The third-order valence-corrected chi connectivity index (χ3v) is 5.19. The molecule has 3 rings (SSSR count). The van der Waals surface area contributed by atoms with Gasteiger partial charge in [-0.1, -0.05) is 43.6 Å². The van der Waals surface area contributed by atoms with Crippen molar-refractivity contribution >= 4 is 28.4 Å². The zero-order chi connectivity index (χ0) is 19.9. The van der Waals surface area contributed by atoms with Gasteiger partial charge in [-0.25, -0.2) is 0 Å². The number of nitrogens with one attached hydrogen (secondary N) is 1. The fourth-order valence-corrected chi connectivity index (χ4v) is 3.51. The third kappa shape index (κ3) is 5.12. The summed E-state index contributed by atoms with van der Waals surface area (Å²) in [4.78, 5) is 14.9. The number of carbonyl (C=O) groups excluding carboxylic acids is 1. The highest BCUT2D eigenvalue weighted by molar-refractivity contribution is 6.30. The summed E-state index contributed by atoms with van der Waals surface area (Å²) in [5.41, 5.74) is 2.67. The van der Waals surface area contributed by atoms with Gasteiger partial charge in [0, 0.05) is 22.5 Å². The van der Waals surface area contributed by atoms with Gasteiger partial charge >= 0.3 is 0 Å². The Kier molecular flexibility index (Phi) is 7.06. The van der Waals surface area contributed by atoms with Gasteiger partial charge in [-0.05, 0) is 55.9 Å². The van der Waals surface area contributed by atoms with E-state index in [4.69, 9.17) is 11.6 Å². The molecule has 3 aromatic rings. The minimum atomic E-state index is -0.0445. The van der Waals surface area contributed by atoms with E-state index in [-0.39, 0.29) is 5.91 Å². The summed E-state index contributed by atoms with van der Waals surface area (Å²) >= 11 is 6.08. The van der Waals surface area contributed by atoms with Crippen LogP contribution in [-0.2, 0) is 6.54 Å². The summed E-state index contributed by atoms with van der Waals surface area (Å²) in [7, 11) is 0. The fraction of sp³-hybridized carbons (Fsp3) is 0.364. The van der Waals surface area contributed by atoms with Crippen LogP contribution in [0.5, 0.6) is 0 Å². The van der Waals surface area contributed by atoms with Gasteiger partial charge in [0.2, 0.25) is 0 Å².